The maximum Gasteiger partial charge on any atom is 0.0506 e. The van der Waals surface area contributed by atoms with Crippen molar-refractivity contribution >= 4 is 15.9 Å². The van der Waals surface area contributed by atoms with Crippen LogP contribution in [0.25, 0.3) is 0 Å². The molecule has 0 saturated carbocycles. The summed E-state index contributed by atoms with van der Waals surface area (Å²) in [7, 11) is 2.22. The van der Waals surface area contributed by atoms with Gasteiger partial charge in [-0.3, -0.25) is 0 Å². The van der Waals surface area contributed by atoms with E-state index in [4.69, 9.17) is 4.74 Å². The summed E-state index contributed by atoms with van der Waals surface area (Å²) in [6.45, 7) is 8.85. The van der Waals surface area contributed by atoms with E-state index in [9.17, 15) is 0 Å². The molecule has 0 aliphatic carbocycles. The van der Waals surface area contributed by atoms with Gasteiger partial charge in [-0.2, -0.15) is 0 Å². The van der Waals surface area contributed by atoms with E-state index in [1.165, 1.54) is 19.4 Å². The van der Waals surface area contributed by atoms with Crippen LogP contribution >= 0.6 is 15.9 Å². The first kappa shape index (κ1) is 13.5. The average molecular weight is 278 g/mol. The van der Waals surface area contributed by atoms with Crippen molar-refractivity contribution in [1.82, 2.24) is 4.90 Å². The van der Waals surface area contributed by atoms with E-state index in [0.717, 1.165) is 31.0 Å². The molecular weight excluding hydrogens is 254 g/mol. The molecule has 90 valence electrons. The lowest BCUT2D eigenvalue weighted by Crippen LogP contribution is -2.37. The fourth-order valence-electron chi connectivity index (χ4n) is 2.23. The van der Waals surface area contributed by atoms with Gasteiger partial charge in [0.2, 0.25) is 0 Å². The maximum atomic E-state index is 5.50. The first-order valence-corrected chi connectivity index (χ1v) is 6.98. The Morgan fingerprint density at radius 1 is 1.47 bits per heavy atom. The number of ether oxygens (including phenoxy) is 1. The van der Waals surface area contributed by atoms with Gasteiger partial charge in [-0.25, -0.2) is 0 Å². The van der Waals surface area contributed by atoms with E-state index >= 15 is 0 Å². The minimum absolute atomic E-state index is 0.365. The largest absolute Gasteiger partial charge is 0.381 e. The van der Waals surface area contributed by atoms with Crippen molar-refractivity contribution < 1.29 is 4.74 Å². The minimum atomic E-state index is 0.365. The van der Waals surface area contributed by atoms with Gasteiger partial charge < -0.3 is 9.64 Å². The van der Waals surface area contributed by atoms with Gasteiger partial charge in [0, 0.05) is 25.0 Å². The summed E-state index contributed by atoms with van der Waals surface area (Å²) in [5.74, 6) is 0.745. The summed E-state index contributed by atoms with van der Waals surface area (Å²) < 4.78 is 5.50. The predicted octanol–water partition coefficient (Wildman–Crippen LogP) is 2.77. The highest BCUT2D eigenvalue weighted by atomic mass is 79.9. The van der Waals surface area contributed by atoms with Crippen LogP contribution in [0.1, 0.15) is 26.7 Å². The van der Waals surface area contributed by atoms with Gasteiger partial charge >= 0.3 is 0 Å². The second-order valence-electron chi connectivity index (χ2n) is 5.58. The molecule has 1 heterocycles. The van der Waals surface area contributed by atoms with Crippen LogP contribution in [0, 0.1) is 11.3 Å². The van der Waals surface area contributed by atoms with Gasteiger partial charge in [0.15, 0.2) is 0 Å². The van der Waals surface area contributed by atoms with Crippen LogP contribution in [0.15, 0.2) is 0 Å². The maximum absolute atomic E-state index is 5.50. The van der Waals surface area contributed by atoms with Gasteiger partial charge in [-0.05, 0) is 31.2 Å². The summed E-state index contributed by atoms with van der Waals surface area (Å²) >= 11 is 3.57. The smallest absolute Gasteiger partial charge is 0.0506 e. The van der Waals surface area contributed by atoms with Gasteiger partial charge in [0.25, 0.3) is 0 Å². The van der Waals surface area contributed by atoms with E-state index in [-0.39, 0.29) is 0 Å². The van der Waals surface area contributed by atoms with Gasteiger partial charge in [-0.1, -0.05) is 29.8 Å². The molecule has 1 rings (SSSR count). The van der Waals surface area contributed by atoms with Crippen molar-refractivity contribution in [3.05, 3.63) is 0 Å². The quantitative estimate of drug-likeness (QED) is 0.717. The molecule has 0 aromatic carbocycles. The second kappa shape index (κ2) is 6.21. The van der Waals surface area contributed by atoms with E-state index in [0.29, 0.717) is 5.41 Å². The molecule has 15 heavy (non-hydrogen) atoms. The molecule has 0 aromatic rings. The SMILES string of the molecule is CN(CC1CCCOC1)CC(C)(C)CBr. The van der Waals surface area contributed by atoms with E-state index < -0.39 is 0 Å². The number of nitrogens with zero attached hydrogens (tertiary/aromatic N) is 1. The molecule has 1 aliphatic heterocycles. The van der Waals surface area contributed by atoms with Crippen molar-refractivity contribution in [2.24, 2.45) is 11.3 Å². The summed E-state index contributed by atoms with van der Waals surface area (Å²) in [5.41, 5.74) is 0.365. The highest BCUT2D eigenvalue weighted by Crippen LogP contribution is 2.21. The summed E-state index contributed by atoms with van der Waals surface area (Å²) in [5, 5.41) is 1.06. The Kier molecular flexibility index (Phi) is 5.58. The molecule has 0 N–H and O–H groups in total. The Bertz CT molecular complexity index is 178. The lowest BCUT2D eigenvalue weighted by molar-refractivity contribution is 0.0383. The van der Waals surface area contributed by atoms with Crippen LogP contribution in [-0.2, 0) is 4.74 Å². The molecule has 0 radical (unpaired) electrons. The first-order chi connectivity index (χ1) is 7.03. The molecule has 3 heteroatoms. The Labute approximate surface area is 102 Å². The Morgan fingerprint density at radius 3 is 2.73 bits per heavy atom. The lowest BCUT2D eigenvalue weighted by atomic mass is 9.95. The molecule has 1 aliphatic rings. The zero-order valence-electron chi connectivity index (χ0n) is 10.3. The summed E-state index contributed by atoms with van der Waals surface area (Å²) in [4.78, 5) is 2.45. The Balaban J connectivity index is 2.25. The van der Waals surface area contributed by atoms with E-state index in [1.807, 2.05) is 0 Å². The second-order valence-corrected chi connectivity index (χ2v) is 6.14. The number of hydrogen-bond donors (Lipinski definition) is 0. The zero-order valence-corrected chi connectivity index (χ0v) is 11.8. The van der Waals surface area contributed by atoms with Crippen LogP contribution < -0.4 is 0 Å². The van der Waals surface area contributed by atoms with Crippen molar-refractivity contribution in [2.45, 2.75) is 26.7 Å². The molecule has 0 bridgehead atoms. The summed E-state index contributed by atoms with van der Waals surface area (Å²) in [6.07, 6.45) is 2.57. The van der Waals surface area contributed by atoms with Crippen LogP contribution in [0.3, 0.4) is 0 Å². The van der Waals surface area contributed by atoms with Gasteiger partial charge in [0.05, 0.1) is 6.61 Å². The first-order valence-electron chi connectivity index (χ1n) is 5.86. The average Bonchev–Trinajstić information content (AvgIpc) is 2.18. The Hall–Kier alpha value is 0.400. The summed E-state index contributed by atoms with van der Waals surface area (Å²) in [6, 6.07) is 0. The topological polar surface area (TPSA) is 12.5 Å². The van der Waals surface area contributed by atoms with Crippen LogP contribution in [0.4, 0.5) is 0 Å². The van der Waals surface area contributed by atoms with Crippen molar-refractivity contribution in [3.63, 3.8) is 0 Å². The molecule has 0 spiro atoms. The minimum Gasteiger partial charge on any atom is -0.381 e. The Morgan fingerprint density at radius 2 is 2.20 bits per heavy atom. The highest BCUT2D eigenvalue weighted by molar-refractivity contribution is 9.09. The van der Waals surface area contributed by atoms with E-state index in [1.54, 1.807) is 0 Å². The molecule has 0 amide bonds. The number of alkyl halides is 1. The van der Waals surface area contributed by atoms with Crippen molar-refractivity contribution in [2.75, 3.05) is 38.7 Å². The molecule has 1 atom stereocenters. The fourth-order valence-corrected chi connectivity index (χ4v) is 2.41. The molecule has 1 fully saturated rings. The third-order valence-corrected chi connectivity index (χ3v) is 4.40. The third kappa shape index (κ3) is 5.32. The molecular formula is C12H24BrNO. The standard InChI is InChI=1S/C12H24BrNO/c1-12(2,9-13)10-14(3)7-11-5-4-6-15-8-11/h11H,4-10H2,1-3H3. The highest BCUT2D eigenvalue weighted by Gasteiger charge is 2.21. The van der Waals surface area contributed by atoms with Crippen LogP contribution in [-0.4, -0.2) is 43.6 Å². The van der Waals surface area contributed by atoms with Crippen LogP contribution in [0.2, 0.25) is 0 Å². The van der Waals surface area contributed by atoms with Gasteiger partial charge in [-0.15, -0.1) is 0 Å². The predicted molar refractivity (Wildman–Crippen MR) is 68.6 cm³/mol. The van der Waals surface area contributed by atoms with E-state index in [2.05, 4.69) is 41.7 Å². The lowest BCUT2D eigenvalue weighted by Gasteiger charge is -2.32. The third-order valence-electron chi connectivity index (χ3n) is 2.88. The molecule has 0 aromatic heterocycles. The number of rotatable bonds is 5. The number of halogens is 1. The van der Waals surface area contributed by atoms with Crippen molar-refractivity contribution in [1.29, 1.82) is 0 Å². The number of hydrogen-bond acceptors (Lipinski definition) is 2. The molecule has 2 nitrogen and oxygen atoms in total. The zero-order chi connectivity index (χ0) is 11.3. The normalized spacial score (nSPS) is 23.4. The molecule has 1 saturated heterocycles. The monoisotopic (exact) mass is 277 g/mol. The van der Waals surface area contributed by atoms with Crippen molar-refractivity contribution in [3.8, 4) is 0 Å². The van der Waals surface area contributed by atoms with Gasteiger partial charge in [0.1, 0.15) is 0 Å². The molecule has 1 unspecified atom stereocenters. The fraction of sp³-hybridized carbons (Fsp3) is 1.00. The van der Waals surface area contributed by atoms with Crippen LogP contribution in [0.5, 0.6) is 0 Å².